The molecule has 0 bridgehead atoms. The first kappa shape index (κ1) is 11.5. The topological polar surface area (TPSA) is 41.6 Å². The SMILES string of the molecule is Cc1nn(C)c(Cl)c1CC(C#N)CBr. The minimum absolute atomic E-state index is 0.0459. The zero-order valence-corrected chi connectivity index (χ0v) is 10.4. The second kappa shape index (κ2) is 4.81. The van der Waals surface area contributed by atoms with Crippen LogP contribution in [0.15, 0.2) is 0 Å². The lowest BCUT2D eigenvalue weighted by Crippen LogP contribution is -2.04. The summed E-state index contributed by atoms with van der Waals surface area (Å²) in [6.07, 6.45) is 0.653. The molecule has 1 atom stereocenters. The Bertz CT molecular complexity index is 367. The van der Waals surface area contributed by atoms with Crippen LogP contribution in [0.5, 0.6) is 0 Å². The van der Waals surface area contributed by atoms with Crippen molar-refractivity contribution in [3.8, 4) is 6.07 Å². The lowest BCUT2D eigenvalue weighted by atomic mass is 10.0. The van der Waals surface area contributed by atoms with Crippen LogP contribution in [0, 0.1) is 24.2 Å². The van der Waals surface area contributed by atoms with Gasteiger partial charge in [0, 0.05) is 17.9 Å². The van der Waals surface area contributed by atoms with Crippen molar-refractivity contribution in [3.05, 3.63) is 16.4 Å². The van der Waals surface area contributed by atoms with Gasteiger partial charge in [-0.2, -0.15) is 10.4 Å². The Morgan fingerprint density at radius 2 is 2.36 bits per heavy atom. The van der Waals surface area contributed by atoms with E-state index in [4.69, 9.17) is 16.9 Å². The molecule has 76 valence electrons. The highest BCUT2D eigenvalue weighted by Crippen LogP contribution is 2.22. The number of alkyl halides is 1. The van der Waals surface area contributed by atoms with Gasteiger partial charge in [-0.25, -0.2) is 0 Å². The fourth-order valence-electron chi connectivity index (χ4n) is 1.29. The molecule has 0 spiro atoms. The van der Waals surface area contributed by atoms with E-state index in [0.717, 1.165) is 11.3 Å². The summed E-state index contributed by atoms with van der Waals surface area (Å²) in [6, 6.07) is 2.22. The molecule has 1 heterocycles. The van der Waals surface area contributed by atoms with Crippen molar-refractivity contribution >= 4 is 27.5 Å². The molecule has 3 nitrogen and oxygen atoms in total. The number of aromatic nitrogens is 2. The largest absolute Gasteiger partial charge is 0.257 e. The number of nitriles is 1. The Kier molecular flexibility index (Phi) is 3.97. The van der Waals surface area contributed by atoms with E-state index in [0.29, 0.717) is 16.9 Å². The molecule has 0 N–H and O–H groups in total. The predicted molar refractivity (Wildman–Crippen MR) is 59.6 cm³/mol. The molecule has 0 radical (unpaired) electrons. The van der Waals surface area contributed by atoms with Gasteiger partial charge in [-0.15, -0.1) is 0 Å². The number of halogens is 2. The summed E-state index contributed by atoms with van der Waals surface area (Å²) in [5, 5.41) is 14.3. The highest BCUT2D eigenvalue weighted by atomic mass is 79.9. The minimum atomic E-state index is -0.0459. The molecule has 1 unspecified atom stereocenters. The van der Waals surface area contributed by atoms with E-state index in [9.17, 15) is 0 Å². The molecule has 0 saturated carbocycles. The maximum atomic E-state index is 8.83. The van der Waals surface area contributed by atoms with Crippen LogP contribution >= 0.6 is 27.5 Å². The summed E-state index contributed by atoms with van der Waals surface area (Å²) in [4.78, 5) is 0. The molecule has 14 heavy (non-hydrogen) atoms. The molecule has 0 aromatic carbocycles. The van der Waals surface area contributed by atoms with E-state index in [1.165, 1.54) is 0 Å². The van der Waals surface area contributed by atoms with E-state index in [-0.39, 0.29) is 5.92 Å². The molecule has 1 aromatic heterocycles. The molecule has 1 aromatic rings. The summed E-state index contributed by atoms with van der Waals surface area (Å²) < 4.78 is 1.63. The predicted octanol–water partition coefficient (Wildman–Crippen LogP) is 2.46. The van der Waals surface area contributed by atoms with Crippen LogP contribution in [0.4, 0.5) is 0 Å². The number of hydrogen-bond acceptors (Lipinski definition) is 2. The van der Waals surface area contributed by atoms with Crippen LogP contribution in [-0.2, 0) is 13.5 Å². The maximum absolute atomic E-state index is 8.83. The summed E-state index contributed by atoms with van der Waals surface area (Å²) in [7, 11) is 1.80. The summed E-state index contributed by atoms with van der Waals surface area (Å²) >= 11 is 9.34. The van der Waals surface area contributed by atoms with Crippen molar-refractivity contribution in [2.45, 2.75) is 13.3 Å². The number of rotatable bonds is 3. The first-order valence-electron chi connectivity index (χ1n) is 4.23. The second-order valence-corrected chi connectivity index (χ2v) is 4.17. The van der Waals surface area contributed by atoms with Gasteiger partial charge in [-0.3, -0.25) is 4.68 Å². The quantitative estimate of drug-likeness (QED) is 0.796. The van der Waals surface area contributed by atoms with Crippen molar-refractivity contribution in [2.75, 3.05) is 5.33 Å². The van der Waals surface area contributed by atoms with Crippen molar-refractivity contribution in [2.24, 2.45) is 13.0 Å². The van der Waals surface area contributed by atoms with Crippen LogP contribution < -0.4 is 0 Å². The molecule has 0 amide bonds. The van der Waals surface area contributed by atoms with E-state index in [1.54, 1.807) is 11.7 Å². The van der Waals surface area contributed by atoms with Crippen LogP contribution in [0.25, 0.3) is 0 Å². The zero-order valence-electron chi connectivity index (χ0n) is 8.09. The summed E-state index contributed by atoms with van der Waals surface area (Å²) in [5.41, 5.74) is 1.87. The highest BCUT2D eigenvalue weighted by Gasteiger charge is 2.15. The van der Waals surface area contributed by atoms with Gasteiger partial charge in [0.05, 0.1) is 17.7 Å². The average molecular weight is 277 g/mol. The molecule has 5 heteroatoms. The van der Waals surface area contributed by atoms with Crippen LogP contribution in [0.3, 0.4) is 0 Å². The number of hydrogen-bond donors (Lipinski definition) is 0. The van der Waals surface area contributed by atoms with E-state index in [2.05, 4.69) is 27.1 Å². The zero-order chi connectivity index (χ0) is 10.7. The maximum Gasteiger partial charge on any atom is 0.130 e. The highest BCUT2D eigenvalue weighted by molar-refractivity contribution is 9.09. The summed E-state index contributed by atoms with van der Waals surface area (Å²) in [6.45, 7) is 1.91. The van der Waals surface area contributed by atoms with Crippen LogP contribution in [0.1, 0.15) is 11.3 Å². The van der Waals surface area contributed by atoms with Gasteiger partial charge in [0.1, 0.15) is 5.15 Å². The first-order valence-corrected chi connectivity index (χ1v) is 5.73. The van der Waals surface area contributed by atoms with E-state index >= 15 is 0 Å². The lowest BCUT2D eigenvalue weighted by molar-refractivity contribution is 0.748. The standard InChI is InChI=1S/C9H11BrClN3/c1-6-8(3-7(4-10)5-12)9(11)14(2)13-6/h7H,3-4H2,1-2H3. The van der Waals surface area contributed by atoms with Gasteiger partial charge in [0.2, 0.25) is 0 Å². The number of aryl methyl sites for hydroxylation is 2. The Labute approximate surface area is 96.8 Å². The fraction of sp³-hybridized carbons (Fsp3) is 0.556. The van der Waals surface area contributed by atoms with Crippen LogP contribution in [-0.4, -0.2) is 15.1 Å². The fourth-order valence-corrected chi connectivity index (χ4v) is 1.91. The molecule has 0 saturated heterocycles. The molecular formula is C9H11BrClN3. The molecule has 1 rings (SSSR count). The summed E-state index contributed by atoms with van der Waals surface area (Å²) in [5.74, 6) is -0.0459. The van der Waals surface area contributed by atoms with Gasteiger partial charge in [0.25, 0.3) is 0 Å². The van der Waals surface area contributed by atoms with Crippen molar-refractivity contribution in [1.82, 2.24) is 9.78 Å². The van der Waals surface area contributed by atoms with Gasteiger partial charge in [0.15, 0.2) is 0 Å². The third-order valence-electron chi connectivity index (χ3n) is 2.09. The number of nitrogens with zero attached hydrogens (tertiary/aromatic N) is 3. The molecule has 0 aliphatic heterocycles. The van der Waals surface area contributed by atoms with Gasteiger partial charge in [-0.05, 0) is 13.3 Å². The molecular weight excluding hydrogens is 265 g/mol. The van der Waals surface area contributed by atoms with Crippen molar-refractivity contribution in [1.29, 1.82) is 5.26 Å². The van der Waals surface area contributed by atoms with Crippen molar-refractivity contribution < 1.29 is 0 Å². The van der Waals surface area contributed by atoms with Crippen molar-refractivity contribution in [3.63, 3.8) is 0 Å². The Morgan fingerprint density at radius 3 is 2.71 bits per heavy atom. The van der Waals surface area contributed by atoms with Gasteiger partial charge >= 0.3 is 0 Å². The average Bonchev–Trinajstić information content (AvgIpc) is 2.40. The third-order valence-corrected chi connectivity index (χ3v) is 3.34. The smallest absolute Gasteiger partial charge is 0.130 e. The lowest BCUT2D eigenvalue weighted by Gasteiger charge is -2.04. The Balaban J connectivity index is 2.91. The Hall–Kier alpha value is -0.530. The Morgan fingerprint density at radius 1 is 1.71 bits per heavy atom. The van der Waals surface area contributed by atoms with Gasteiger partial charge in [-0.1, -0.05) is 27.5 Å². The normalized spacial score (nSPS) is 12.5. The first-order chi connectivity index (χ1) is 6.60. The van der Waals surface area contributed by atoms with Gasteiger partial charge < -0.3 is 0 Å². The monoisotopic (exact) mass is 275 g/mol. The third kappa shape index (κ3) is 2.28. The van der Waals surface area contributed by atoms with E-state index in [1.807, 2.05) is 6.92 Å². The second-order valence-electron chi connectivity index (χ2n) is 3.16. The molecule has 0 aliphatic carbocycles. The molecule has 0 fully saturated rings. The minimum Gasteiger partial charge on any atom is -0.257 e. The van der Waals surface area contributed by atoms with Crippen LogP contribution in [0.2, 0.25) is 5.15 Å². The van der Waals surface area contributed by atoms with E-state index < -0.39 is 0 Å². The molecule has 0 aliphatic rings.